The number of aromatic hydroxyl groups is 1. The van der Waals surface area contributed by atoms with Crippen LogP contribution in [-0.4, -0.2) is 59.2 Å². The molecule has 206 valence electrons. The molecule has 11 nitrogen and oxygen atoms in total. The zero-order chi connectivity index (χ0) is 28.2. The van der Waals surface area contributed by atoms with E-state index in [0.717, 1.165) is 0 Å². The van der Waals surface area contributed by atoms with Crippen LogP contribution in [-0.2, 0) is 25.5 Å². The van der Waals surface area contributed by atoms with E-state index >= 15 is 0 Å². The van der Waals surface area contributed by atoms with E-state index in [1.54, 1.807) is 32.9 Å². The second kappa shape index (κ2) is 11.7. The summed E-state index contributed by atoms with van der Waals surface area (Å²) in [6, 6.07) is 3.80. The topological polar surface area (TPSA) is 161 Å². The average molecular weight is 528 g/mol. The van der Waals surface area contributed by atoms with Crippen LogP contribution in [0.25, 0.3) is 0 Å². The smallest absolute Gasteiger partial charge is 0.415 e. The molecular weight excluding hydrogens is 490 g/mol. The van der Waals surface area contributed by atoms with Crippen molar-refractivity contribution < 1.29 is 29.0 Å². The van der Waals surface area contributed by atoms with Gasteiger partial charge < -0.3 is 25.8 Å². The predicted octanol–water partition coefficient (Wildman–Crippen LogP) is 2.12. The predicted molar refractivity (Wildman–Crippen MR) is 139 cm³/mol. The lowest BCUT2D eigenvalue weighted by Crippen LogP contribution is -2.56. The standard InChI is InChI=1S/C27H37N5O6/c1-15(2)11-19(24(35)30-17(14-28)12-16-9-10-29-23(16)34)31-25(36)21-13-18-20(7-6-8-22(18)33)32(21)26(37)38-27(3,4)5/h6-8,15-17,19,21,33H,9-13H2,1-5H3,(H,29,34)(H,30,35)(H,31,36)/t16-,17-,19-,21?/m0/s1. The van der Waals surface area contributed by atoms with Gasteiger partial charge in [-0.05, 0) is 58.1 Å². The number of phenols is 1. The summed E-state index contributed by atoms with van der Waals surface area (Å²) in [5.74, 6) is -1.65. The third-order valence-corrected chi connectivity index (χ3v) is 6.48. The Balaban J connectivity index is 1.79. The fourth-order valence-corrected chi connectivity index (χ4v) is 4.74. The molecule has 0 aliphatic carbocycles. The van der Waals surface area contributed by atoms with E-state index in [-0.39, 0.29) is 42.8 Å². The van der Waals surface area contributed by atoms with Crippen molar-refractivity contribution in [3.63, 3.8) is 0 Å². The number of rotatable bonds is 8. The Hall–Kier alpha value is -3.81. The van der Waals surface area contributed by atoms with Crippen LogP contribution in [0.5, 0.6) is 5.75 Å². The van der Waals surface area contributed by atoms with E-state index in [9.17, 15) is 29.5 Å². The fraction of sp³-hybridized carbons (Fsp3) is 0.593. The molecule has 11 heteroatoms. The third-order valence-electron chi connectivity index (χ3n) is 6.48. The van der Waals surface area contributed by atoms with E-state index < -0.39 is 41.6 Å². The van der Waals surface area contributed by atoms with Crippen molar-refractivity contribution >= 4 is 29.5 Å². The van der Waals surface area contributed by atoms with Gasteiger partial charge in [0.2, 0.25) is 17.7 Å². The van der Waals surface area contributed by atoms with Gasteiger partial charge in [0, 0.05) is 24.4 Å². The molecule has 1 aromatic carbocycles. The summed E-state index contributed by atoms with van der Waals surface area (Å²) in [6.45, 7) is 9.46. The molecule has 2 aliphatic heterocycles. The maximum Gasteiger partial charge on any atom is 0.415 e. The minimum atomic E-state index is -1.05. The SMILES string of the molecule is CC(C)C[C@H](NC(=O)C1Cc2c(O)cccc2N1C(=O)OC(C)(C)C)C(=O)N[C@H](C#N)C[C@@H]1CCNC1=O. The fourth-order valence-electron chi connectivity index (χ4n) is 4.74. The molecule has 4 amide bonds. The molecule has 1 fully saturated rings. The number of carbonyl (C=O) groups is 4. The highest BCUT2D eigenvalue weighted by molar-refractivity contribution is 6.02. The first kappa shape index (κ1) is 28.8. The van der Waals surface area contributed by atoms with Gasteiger partial charge in [0.15, 0.2) is 0 Å². The Morgan fingerprint density at radius 2 is 1.97 bits per heavy atom. The van der Waals surface area contributed by atoms with Crippen LogP contribution in [0.3, 0.4) is 0 Å². The molecule has 0 saturated carbocycles. The number of fused-ring (bicyclic) bond motifs is 1. The molecule has 0 bridgehead atoms. The highest BCUT2D eigenvalue weighted by atomic mass is 16.6. The van der Waals surface area contributed by atoms with Crippen molar-refractivity contribution in [3.05, 3.63) is 23.8 Å². The summed E-state index contributed by atoms with van der Waals surface area (Å²) in [7, 11) is 0. The maximum atomic E-state index is 13.5. The van der Waals surface area contributed by atoms with Crippen molar-refractivity contribution in [2.45, 2.75) is 84.0 Å². The van der Waals surface area contributed by atoms with Gasteiger partial charge in [0.25, 0.3) is 0 Å². The molecule has 1 aromatic rings. The number of benzene rings is 1. The highest BCUT2D eigenvalue weighted by Crippen LogP contribution is 2.38. The molecule has 38 heavy (non-hydrogen) atoms. The van der Waals surface area contributed by atoms with Crippen molar-refractivity contribution in [2.24, 2.45) is 11.8 Å². The van der Waals surface area contributed by atoms with Crippen LogP contribution >= 0.6 is 0 Å². The number of nitrogens with one attached hydrogen (secondary N) is 3. The van der Waals surface area contributed by atoms with Crippen LogP contribution < -0.4 is 20.9 Å². The molecule has 0 aromatic heterocycles. The van der Waals surface area contributed by atoms with E-state index in [4.69, 9.17) is 4.74 Å². The van der Waals surface area contributed by atoms with Crippen LogP contribution in [0.1, 0.15) is 59.4 Å². The third kappa shape index (κ3) is 6.94. The van der Waals surface area contributed by atoms with Crippen LogP contribution in [0.4, 0.5) is 10.5 Å². The minimum absolute atomic E-state index is 0.0268. The Morgan fingerprint density at radius 3 is 2.55 bits per heavy atom. The van der Waals surface area contributed by atoms with Crippen LogP contribution in [0, 0.1) is 23.2 Å². The van der Waals surface area contributed by atoms with Gasteiger partial charge in [-0.3, -0.25) is 19.3 Å². The molecule has 0 spiro atoms. The minimum Gasteiger partial charge on any atom is -0.508 e. The first-order valence-corrected chi connectivity index (χ1v) is 12.9. The summed E-state index contributed by atoms with van der Waals surface area (Å²) in [6.07, 6.45) is 0.359. The molecule has 3 rings (SSSR count). The van der Waals surface area contributed by atoms with Gasteiger partial charge in [0.1, 0.15) is 29.5 Å². The van der Waals surface area contributed by atoms with E-state index in [0.29, 0.717) is 24.2 Å². The second-order valence-electron chi connectivity index (χ2n) is 11.2. The first-order chi connectivity index (χ1) is 17.8. The molecule has 1 unspecified atom stereocenters. The Bertz CT molecular complexity index is 1120. The summed E-state index contributed by atoms with van der Waals surface area (Å²) in [5.41, 5.74) is -0.0216. The molecule has 2 aliphatic rings. The lowest BCUT2D eigenvalue weighted by Gasteiger charge is -2.30. The van der Waals surface area contributed by atoms with Crippen molar-refractivity contribution in [2.75, 3.05) is 11.4 Å². The molecular formula is C27H37N5O6. The number of carbonyl (C=O) groups excluding carboxylic acids is 4. The molecule has 4 N–H and O–H groups in total. The lowest BCUT2D eigenvalue weighted by molar-refractivity contribution is -0.130. The zero-order valence-electron chi connectivity index (χ0n) is 22.5. The molecule has 1 saturated heterocycles. The summed E-state index contributed by atoms with van der Waals surface area (Å²) in [5, 5.41) is 28.1. The molecule has 0 radical (unpaired) electrons. The number of anilines is 1. The van der Waals surface area contributed by atoms with Gasteiger partial charge in [0.05, 0.1) is 11.8 Å². The molecule has 2 heterocycles. The number of phenolic OH excluding ortho intramolecular Hbond substituents is 1. The van der Waals surface area contributed by atoms with Gasteiger partial charge in [-0.1, -0.05) is 19.9 Å². The first-order valence-electron chi connectivity index (χ1n) is 12.9. The van der Waals surface area contributed by atoms with Gasteiger partial charge in [-0.15, -0.1) is 0 Å². The van der Waals surface area contributed by atoms with Crippen LogP contribution in [0.2, 0.25) is 0 Å². The Kier molecular flexibility index (Phi) is 8.86. The summed E-state index contributed by atoms with van der Waals surface area (Å²) >= 11 is 0. The summed E-state index contributed by atoms with van der Waals surface area (Å²) in [4.78, 5) is 53.0. The van der Waals surface area contributed by atoms with Crippen molar-refractivity contribution in [1.82, 2.24) is 16.0 Å². The Morgan fingerprint density at radius 1 is 1.26 bits per heavy atom. The van der Waals surface area contributed by atoms with Crippen molar-refractivity contribution in [1.29, 1.82) is 5.26 Å². The summed E-state index contributed by atoms with van der Waals surface area (Å²) < 4.78 is 5.53. The second-order valence-corrected chi connectivity index (χ2v) is 11.2. The largest absolute Gasteiger partial charge is 0.508 e. The quantitative estimate of drug-likeness (QED) is 0.403. The number of nitrogens with zero attached hydrogens (tertiary/aromatic N) is 2. The number of amides is 4. The number of ether oxygens (including phenoxy) is 1. The van der Waals surface area contributed by atoms with E-state index in [1.807, 2.05) is 19.9 Å². The maximum absolute atomic E-state index is 13.5. The van der Waals surface area contributed by atoms with Gasteiger partial charge in [-0.25, -0.2) is 4.79 Å². The number of nitriles is 1. The monoisotopic (exact) mass is 527 g/mol. The van der Waals surface area contributed by atoms with Gasteiger partial charge in [-0.2, -0.15) is 5.26 Å². The van der Waals surface area contributed by atoms with Crippen molar-refractivity contribution in [3.8, 4) is 11.8 Å². The Labute approximate surface area is 222 Å². The number of hydrogen-bond acceptors (Lipinski definition) is 7. The normalized spacial score (nSPS) is 20.2. The lowest BCUT2D eigenvalue weighted by atomic mass is 9.98. The zero-order valence-corrected chi connectivity index (χ0v) is 22.5. The average Bonchev–Trinajstić information content (AvgIpc) is 3.41. The van der Waals surface area contributed by atoms with E-state index in [1.165, 1.54) is 11.0 Å². The highest BCUT2D eigenvalue weighted by Gasteiger charge is 2.43. The van der Waals surface area contributed by atoms with Crippen LogP contribution in [0.15, 0.2) is 18.2 Å². The molecule has 4 atom stereocenters. The number of hydrogen-bond donors (Lipinski definition) is 4. The van der Waals surface area contributed by atoms with E-state index in [2.05, 4.69) is 16.0 Å². The van der Waals surface area contributed by atoms with Gasteiger partial charge >= 0.3 is 6.09 Å².